The molecule has 1 saturated heterocycles. The van der Waals surface area contributed by atoms with Gasteiger partial charge in [0.15, 0.2) is 11.5 Å². The number of benzene rings is 2. The Labute approximate surface area is 188 Å². The van der Waals surface area contributed by atoms with Crippen LogP contribution in [0.25, 0.3) is 11.0 Å². The van der Waals surface area contributed by atoms with Crippen LogP contribution >= 0.6 is 0 Å². The monoisotopic (exact) mass is 457 g/mol. The van der Waals surface area contributed by atoms with Crippen LogP contribution in [-0.4, -0.2) is 34.9 Å². The first kappa shape index (κ1) is 22.5. The van der Waals surface area contributed by atoms with E-state index in [9.17, 15) is 22.8 Å². The van der Waals surface area contributed by atoms with E-state index in [0.29, 0.717) is 36.3 Å². The molecule has 1 atom stereocenters. The van der Waals surface area contributed by atoms with Gasteiger partial charge in [-0.2, -0.15) is 13.2 Å². The molecule has 2 amide bonds. The summed E-state index contributed by atoms with van der Waals surface area (Å²) in [6, 6.07) is 13.0. The molecule has 3 aromatic rings. The lowest BCUT2D eigenvalue weighted by Crippen LogP contribution is -2.42. The van der Waals surface area contributed by atoms with Crippen LogP contribution in [0.5, 0.6) is 0 Å². The third kappa shape index (κ3) is 5.21. The van der Waals surface area contributed by atoms with Gasteiger partial charge < -0.3 is 15.5 Å². The number of alkyl halides is 3. The molecule has 1 fully saturated rings. The van der Waals surface area contributed by atoms with Crippen molar-refractivity contribution in [1.29, 1.82) is 0 Å². The summed E-state index contributed by atoms with van der Waals surface area (Å²) in [6.07, 6.45) is -3.57. The van der Waals surface area contributed by atoms with Crippen molar-refractivity contribution in [2.45, 2.75) is 25.9 Å². The minimum absolute atomic E-state index is 0.103. The molecule has 10 heteroatoms. The molecule has 7 nitrogen and oxygen atoms in total. The van der Waals surface area contributed by atoms with Crippen molar-refractivity contribution < 1.29 is 22.8 Å². The molecular weight excluding hydrogens is 435 g/mol. The second-order valence-electron chi connectivity index (χ2n) is 7.92. The molecule has 0 unspecified atom stereocenters. The molecular formula is C23H22F3N5O2. The van der Waals surface area contributed by atoms with E-state index in [2.05, 4.69) is 20.6 Å². The largest absolute Gasteiger partial charge is 0.437 e. The quantitative estimate of drug-likeness (QED) is 0.604. The van der Waals surface area contributed by atoms with E-state index >= 15 is 0 Å². The van der Waals surface area contributed by atoms with Gasteiger partial charge >= 0.3 is 6.18 Å². The molecule has 0 radical (unpaired) electrons. The Morgan fingerprint density at radius 1 is 0.970 bits per heavy atom. The standard InChI is InChI=1S/C23H22F3N5O2/c1-14(32)27-16-8-10-17(11-9-16)28-22(33)15-5-4-12-31(13-15)21-20(23(24,25)26)29-18-6-2-3-7-19(18)30-21/h2-3,6-11,15H,4-5,12-13H2,1H3,(H,27,32)(H,28,33)/t15-/m1/s1. The summed E-state index contributed by atoms with van der Waals surface area (Å²) in [5.74, 6) is -1.25. The Bertz CT molecular complexity index is 1180. The first-order chi connectivity index (χ1) is 15.7. The van der Waals surface area contributed by atoms with E-state index in [0.717, 1.165) is 0 Å². The smallest absolute Gasteiger partial charge is 0.354 e. The van der Waals surface area contributed by atoms with Gasteiger partial charge in [0, 0.05) is 31.4 Å². The van der Waals surface area contributed by atoms with Crippen LogP contribution in [0.4, 0.5) is 30.4 Å². The summed E-state index contributed by atoms with van der Waals surface area (Å²) in [4.78, 5) is 33.5. The summed E-state index contributed by atoms with van der Waals surface area (Å²) < 4.78 is 41.3. The van der Waals surface area contributed by atoms with E-state index in [4.69, 9.17) is 0 Å². The van der Waals surface area contributed by atoms with Gasteiger partial charge in [0.25, 0.3) is 0 Å². The zero-order valence-corrected chi connectivity index (χ0v) is 17.8. The third-order valence-electron chi connectivity index (χ3n) is 5.39. The van der Waals surface area contributed by atoms with Crippen molar-refractivity contribution in [3.8, 4) is 0 Å². The van der Waals surface area contributed by atoms with E-state index in [1.807, 2.05) is 0 Å². The fraction of sp³-hybridized carbons (Fsp3) is 0.304. The zero-order valence-electron chi connectivity index (χ0n) is 17.8. The Morgan fingerprint density at radius 2 is 1.58 bits per heavy atom. The van der Waals surface area contributed by atoms with Crippen molar-refractivity contribution in [3.05, 3.63) is 54.2 Å². The van der Waals surface area contributed by atoms with E-state index in [1.165, 1.54) is 17.9 Å². The fourth-order valence-corrected chi connectivity index (χ4v) is 3.87. The number of halogens is 3. The summed E-state index contributed by atoms with van der Waals surface area (Å²) in [5.41, 5.74) is 0.622. The van der Waals surface area contributed by atoms with Gasteiger partial charge in [-0.3, -0.25) is 9.59 Å². The molecule has 1 aliphatic rings. The lowest BCUT2D eigenvalue weighted by molar-refractivity contribution is -0.140. The second-order valence-corrected chi connectivity index (χ2v) is 7.92. The van der Waals surface area contributed by atoms with E-state index < -0.39 is 17.8 Å². The normalized spacial score (nSPS) is 16.5. The zero-order chi connectivity index (χ0) is 23.6. The highest BCUT2D eigenvalue weighted by Gasteiger charge is 2.40. The molecule has 0 aliphatic carbocycles. The molecule has 172 valence electrons. The van der Waals surface area contributed by atoms with Gasteiger partial charge in [0.05, 0.1) is 17.0 Å². The Morgan fingerprint density at radius 3 is 2.18 bits per heavy atom. The van der Waals surface area contributed by atoms with Crippen molar-refractivity contribution in [3.63, 3.8) is 0 Å². The number of rotatable bonds is 4. The maximum absolute atomic E-state index is 13.8. The number of piperidine rings is 1. The van der Waals surface area contributed by atoms with Gasteiger partial charge in [-0.15, -0.1) is 0 Å². The van der Waals surface area contributed by atoms with Crippen molar-refractivity contribution in [2.24, 2.45) is 5.92 Å². The number of anilines is 3. The number of para-hydroxylation sites is 2. The van der Waals surface area contributed by atoms with E-state index in [-0.39, 0.29) is 29.7 Å². The summed E-state index contributed by atoms with van der Waals surface area (Å²) in [6.45, 7) is 1.85. The molecule has 4 rings (SSSR count). The summed E-state index contributed by atoms with van der Waals surface area (Å²) in [5, 5.41) is 5.44. The van der Waals surface area contributed by atoms with Crippen LogP contribution in [0.2, 0.25) is 0 Å². The maximum Gasteiger partial charge on any atom is 0.437 e. The highest BCUT2D eigenvalue weighted by Crippen LogP contribution is 2.36. The summed E-state index contributed by atoms with van der Waals surface area (Å²) >= 11 is 0. The van der Waals surface area contributed by atoms with Crippen LogP contribution in [0.3, 0.4) is 0 Å². The van der Waals surface area contributed by atoms with Crippen LogP contribution < -0.4 is 15.5 Å². The first-order valence-corrected chi connectivity index (χ1v) is 10.5. The number of fused-ring (bicyclic) bond motifs is 1. The second kappa shape index (κ2) is 9.05. The SMILES string of the molecule is CC(=O)Nc1ccc(NC(=O)[C@@H]2CCCN(c3nc4ccccc4nc3C(F)(F)F)C2)cc1. The number of hydrogen-bond acceptors (Lipinski definition) is 5. The van der Waals surface area contributed by atoms with Gasteiger partial charge in [-0.25, -0.2) is 9.97 Å². The van der Waals surface area contributed by atoms with E-state index in [1.54, 1.807) is 42.5 Å². The molecule has 33 heavy (non-hydrogen) atoms. The molecule has 0 bridgehead atoms. The number of carbonyl (C=O) groups excluding carboxylic acids is 2. The number of carbonyl (C=O) groups is 2. The van der Waals surface area contributed by atoms with Crippen molar-refractivity contribution in [1.82, 2.24) is 9.97 Å². The van der Waals surface area contributed by atoms with Gasteiger partial charge in [0.1, 0.15) is 0 Å². The minimum atomic E-state index is -4.67. The van der Waals surface area contributed by atoms with Gasteiger partial charge in [-0.05, 0) is 49.2 Å². The average Bonchev–Trinajstić information content (AvgIpc) is 2.78. The predicted molar refractivity (Wildman–Crippen MR) is 119 cm³/mol. The van der Waals surface area contributed by atoms with Crippen LogP contribution in [0, 0.1) is 5.92 Å². The fourth-order valence-electron chi connectivity index (χ4n) is 3.87. The topological polar surface area (TPSA) is 87.2 Å². The molecule has 1 aliphatic heterocycles. The molecule has 1 aromatic heterocycles. The average molecular weight is 457 g/mol. The van der Waals surface area contributed by atoms with Crippen LogP contribution in [0.1, 0.15) is 25.5 Å². The Balaban J connectivity index is 1.53. The summed E-state index contributed by atoms with van der Waals surface area (Å²) in [7, 11) is 0. The minimum Gasteiger partial charge on any atom is -0.354 e. The third-order valence-corrected chi connectivity index (χ3v) is 5.39. The number of nitrogens with one attached hydrogen (secondary N) is 2. The van der Waals surface area contributed by atoms with Crippen molar-refractivity contribution in [2.75, 3.05) is 28.6 Å². The lowest BCUT2D eigenvalue weighted by Gasteiger charge is -2.34. The molecule has 2 N–H and O–H groups in total. The Kier molecular flexibility index (Phi) is 6.17. The highest BCUT2D eigenvalue weighted by molar-refractivity contribution is 5.94. The van der Waals surface area contributed by atoms with Gasteiger partial charge in [0.2, 0.25) is 11.8 Å². The molecule has 2 aromatic carbocycles. The van der Waals surface area contributed by atoms with Crippen LogP contribution in [-0.2, 0) is 15.8 Å². The maximum atomic E-state index is 13.8. The van der Waals surface area contributed by atoms with Gasteiger partial charge in [-0.1, -0.05) is 12.1 Å². The predicted octanol–water partition coefficient (Wildman–Crippen LogP) is 4.46. The first-order valence-electron chi connectivity index (χ1n) is 10.5. The molecule has 0 spiro atoms. The Hall–Kier alpha value is -3.69. The number of amides is 2. The van der Waals surface area contributed by atoms with Crippen molar-refractivity contribution >= 4 is 40.0 Å². The number of nitrogens with zero attached hydrogens (tertiary/aromatic N) is 3. The van der Waals surface area contributed by atoms with Crippen LogP contribution in [0.15, 0.2) is 48.5 Å². The highest BCUT2D eigenvalue weighted by atomic mass is 19.4. The lowest BCUT2D eigenvalue weighted by atomic mass is 9.96. The number of aromatic nitrogens is 2. The molecule has 0 saturated carbocycles. The number of hydrogen-bond donors (Lipinski definition) is 2. The molecule has 2 heterocycles.